The minimum absolute atomic E-state index is 0.0475. The van der Waals surface area contributed by atoms with E-state index in [0.29, 0.717) is 23.7 Å². The molecule has 0 amide bonds. The molecule has 0 saturated carbocycles. The van der Waals surface area contributed by atoms with Crippen molar-refractivity contribution in [3.8, 4) is 5.75 Å². The highest BCUT2D eigenvalue weighted by atomic mass is 35.5. The Morgan fingerprint density at radius 3 is 2.94 bits per heavy atom. The molecule has 2 rings (SSSR count). The van der Waals surface area contributed by atoms with E-state index in [1.165, 1.54) is 0 Å². The molecule has 96 valence electrons. The molecule has 0 N–H and O–H groups in total. The van der Waals surface area contributed by atoms with Crippen molar-refractivity contribution in [2.45, 2.75) is 25.6 Å². The number of benzene rings is 1. The summed E-state index contributed by atoms with van der Waals surface area (Å²) in [5.41, 5.74) is 0.685. The number of alkyl halides is 1. The summed E-state index contributed by atoms with van der Waals surface area (Å²) in [6, 6.07) is 7.54. The fraction of sp³-hybridized carbons (Fsp3) is 0.357. The largest absolute Gasteiger partial charge is 0.490 e. The van der Waals surface area contributed by atoms with Crippen molar-refractivity contribution in [2.75, 3.05) is 6.61 Å². The van der Waals surface area contributed by atoms with Crippen LogP contribution in [0.1, 0.15) is 19.6 Å². The summed E-state index contributed by atoms with van der Waals surface area (Å²) in [5.74, 6) is 1.27. The summed E-state index contributed by atoms with van der Waals surface area (Å²) in [5, 5.41) is 0.440. The zero-order valence-electron chi connectivity index (χ0n) is 10.4. The predicted octanol–water partition coefficient (Wildman–Crippen LogP) is 3.57. The van der Waals surface area contributed by atoms with Crippen LogP contribution >= 0.6 is 11.6 Å². The molecule has 0 bridgehead atoms. The van der Waals surface area contributed by atoms with Crippen LogP contribution in [0.25, 0.3) is 11.0 Å². The Labute approximate surface area is 111 Å². The third-order valence-electron chi connectivity index (χ3n) is 2.65. The zero-order chi connectivity index (χ0) is 13.1. The van der Waals surface area contributed by atoms with Crippen molar-refractivity contribution in [1.29, 1.82) is 0 Å². The fourth-order valence-corrected chi connectivity index (χ4v) is 1.84. The van der Waals surface area contributed by atoms with Gasteiger partial charge in [0, 0.05) is 5.39 Å². The van der Waals surface area contributed by atoms with Gasteiger partial charge in [0.25, 0.3) is 0 Å². The van der Waals surface area contributed by atoms with Gasteiger partial charge < -0.3 is 9.15 Å². The lowest BCUT2D eigenvalue weighted by Crippen LogP contribution is -2.12. The maximum atomic E-state index is 11.6. The molecule has 1 atom stereocenters. The van der Waals surface area contributed by atoms with E-state index in [4.69, 9.17) is 20.8 Å². The molecule has 1 unspecified atom stereocenters. The molecule has 0 aliphatic heterocycles. The molecule has 3 nitrogen and oxygen atoms in total. The van der Waals surface area contributed by atoms with E-state index in [2.05, 4.69) is 0 Å². The first kappa shape index (κ1) is 13.0. The molecule has 0 fully saturated rings. The van der Waals surface area contributed by atoms with Crippen molar-refractivity contribution >= 4 is 28.4 Å². The first-order valence-electron chi connectivity index (χ1n) is 5.92. The summed E-state index contributed by atoms with van der Waals surface area (Å²) in [6.45, 7) is 4.16. The summed E-state index contributed by atoms with van der Waals surface area (Å²) < 4.78 is 11.1. The SMILES string of the molecule is CCOc1cccc2cc(CC(=O)C(C)Cl)oc12. The van der Waals surface area contributed by atoms with E-state index in [1.54, 1.807) is 6.92 Å². The van der Waals surface area contributed by atoms with Gasteiger partial charge in [0.15, 0.2) is 17.1 Å². The van der Waals surface area contributed by atoms with Crippen LogP contribution in [0.4, 0.5) is 0 Å². The summed E-state index contributed by atoms with van der Waals surface area (Å²) in [7, 11) is 0. The van der Waals surface area contributed by atoms with Gasteiger partial charge >= 0.3 is 0 Å². The van der Waals surface area contributed by atoms with Crippen molar-refractivity contribution in [2.24, 2.45) is 0 Å². The van der Waals surface area contributed by atoms with Gasteiger partial charge in [-0.1, -0.05) is 12.1 Å². The minimum atomic E-state index is -0.496. The Hall–Kier alpha value is -1.48. The number of hydrogen-bond acceptors (Lipinski definition) is 3. The summed E-state index contributed by atoms with van der Waals surface area (Å²) in [4.78, 5) is 11.6. The van der Waals surface area contributed by atoms with Gasteiger partial charge in [0.1, 0.15) is 5.76 Å². The quantitative estimate of drug-likeness (QED) is 0.777. The van der Waals surface area contributed by atoms with E-state index >= 15 is 0 Å². The average molecular weight is 267 g/mol. The number of rotatable bonds is 5. The van der Waals surface area contributed by atoms with Crippen LogP contribution in [0.5, 0.6) is 5.75 Å². The van der Waals surface area contributed by atoms with Gasteiger partial charge in [-0.05, 0) is 26.0 Å². The van der Waals surface area contributed by atoms with Crippen molar-refractivity contribution in [3.63, 3.8) is 0 Å². The molecule has 0 radical (unpaired) electrons. The van der Waals surface area contributed by atoms with Crippen LogP contribution in [-0.4, -0.2) is 17.8 Å². The van der Waals surface area contributed by atoms with Crippen molar-refractivity contribution in [3.05, 3.63) is 30.0 Å². The number of para-hydroxylation sites is 1. The number of fused-ring (bicyclic) bond motifs is 1. The van der Waals surface area contributed by atoms with E-state index in [9.17, 15) is 4.79 Å². The Morgan fingerprint density at radius 1 is 1.50 bits per heavy atom. The molecule has 4 heteroatoms. The average Bonchev–Trinajstić information content (AvgIpc) is 2.72. The van der Waals surface area contributed by atoms with Crippen LogP contribution in [0.2, 0.25) is 0 Å². The third-order valence-corrected chi connectivity index (χ3v) is 2.89. The Balaban J connectivity index is 2.32. The number of carbonyl (C=O) groups is 1. The van der Waals surface area contributed by atoms with Gasteiger partial charge in [0.2, 0.25) is 0 Å². The van der Waals surface area contributed by atoms with E-state index in [0.717, 1.165) is 5.39 Å². The first-order chi connectivity index (χ1) is 8.61. The number of ether oxygens (including phenoxy) is 1. The molecular formula is C14H15ClO3. The molecule has 2 aromatic rings. The van der Waals surface area contributed by atoms with Crippen molar-refractivity contribution < 1.29 is 13.9 Å². The van der Waals surface area contributed by atoms with Crippen LogP contribution < -0.4 is 4.74 Å². The standard InChI is InChI=1S/C14H15ClO3/c1-3-17-13-6-4-5-10-7-11(18-14(10)13)8-12(16)9(2)15/h4-7,9H,3,8H2,1-2H3. The van der Waals surface area contributed by atoms with Gasteiger partial charge in [0.05, 0.1) is 18.4 Å². The lowest BCUT2D eigenvalue weighted by Gasteiger charge is -2.02. The molecular weight excluding hydrogens is 252 g/mol. The smallest absolute Gasteiger partial charge is 0.176 e. The van der Waals surface area contributed by atoms with Gasteiger partial charge in [-0.3, -0.25) is 4.79 Å². The normalized spacial score (nSPS) is 12.6. The summed E-state index contributed by atoms with van der Waals surface area (Å²) >= 11 is 5.74. The third kappa shape index (κ3) is 2.67. The van der Waals surface area contributed by atoms with Gasteiger partial charge in [-0.15, -0.1) is 11.6 Å². The number of ketones is 1. The topological polar surface area (TPSA) is 39.4 Å². The monoisotopic (exact) mass is 266 g/mol. The highest BCUT2D eigenvalue weighted by Crippen LogP contribution is 2.29. The highest BCUT2D eigenvalue weighted by molar-refractivity contribution is 6.30. The van der Waals surface area contributed by atoms with Crippen LogP contribution in [0.15, 0.2) is 28.7 Å². The first-order valence-corrected chi connectivity index (χ1v) is 6.36. The maximum Gasteiger partial charge on any atom is 0.176 e. The van der Waals surface area contributed by atoms with Crippen molar-refractivity contribution in [1.82, 2.24) is 0 Å². The van der Waals surface area contributed by atoms with Crippen LogP contribution in [-0.2, 0) is 11.2 Å². The lowest BCUT2D eigenvalue weighted by atomic mass is 10.2. The molecule has 1 heterocycles. The molecule has 1 aromatic carbocycles. The van der Waals surface area contributed by atoms with Gasteiger partial charge in [-0.25, -0.2) is 0 Å². The second-order valence-electron chi connectivity index (χ2n) is 4.08. The van der Waals surface area contributed by atoms with E-state index in [1.807, 2.05) is 31.2 Å². The number of halogens is 1. The second-order valence-corrected chi connectivity index (χ2v) is 4.73. The molecule has 18 heavy (non-hydrogen) atoms. The lowest BCUT2D eigenvalue weighted by molar-refractivity contribution is -0.118. The molecule has 0 aliphatic carbocycles. The number of furan rings is 1. The zero-order valence-corrected chi connectivity index (χ0v) is 11.2. The minimum Gasteiger partial charge on any atom is -0.490 e. The summed E-state index contributed by atoms with van der Waals surface area (Å²) in [6.07, 6.45) is 0.213. The predicted molar refractivity (Wildman–Crippen MR) is 71.4 cm³/mol. The molecule has 0 aliphatic rings. The molecule has 0 saturated heterocycles. The van der Waals surface area contributed by atoms with Gasteiger partial charge in [-0.2, -0.15) is 0 Å². The van der Waals surface area contributed by atoms with E-state index < -0.39 is 5.38 Å². The number of Topliss-reactive ketones (excluding diaryl/α,β-unsaturated/α-hetero) is 1. The Bertz CT molecular complexity index is 557. The fourth-order valence-electron chi connectivity index (χ4n) is 1.76. The van der Waals surface area contributed by atoms with E-state index in [-0.39, 0.29) is 12.2 Å². The number of carbonyl (C=O) groups excluding carboxylic acids is 1. The van der Waals surface area contributed by atoms with Crippen LogP contribution in [0, 0.1) is 0 Å². The Morgan fingerprint density at radius 2 is 2.28 bits per heavy atom. The Kier molecular flexibility index (Phi) is 3.92. The maximum absolute atomic E-state index is 11.6. The second kappa shape index (κ2) is 5.44. The number of hydrogen-bond donors (Lipinski definition) is 0. The molecule has 1 aromatic heterocycles. The van der Waals surface area contributed by atoms with Crippen LogP contribution in [0.3, 0.4) is 0 Å². The highest BCUT2D eigenvalue weighted by Gasteiger charge is 2.15. The molecule has 0 spiro atoms.